The molecule has 19 heteroatoms. The number of benzene rings is 2. The molecule has 16 nitrogen and oxygen atoms in total. The third kappa shape index (κ3) is 13.8. The molecule has 3 aliphatic heterocycles. The number of piperidine rings is 1. The maximum atomic E-state index is 13.0. The molecule has 1 aliphatic carbocycles. The van der Waals surface area contributed by atoms with Gasteiger partial charge in [-0.2, -0.15) is 5.10 Å². The van der Waals surface area contributed by atoms with E-state index in [1.165, 1.54) is 42.3 Å². The Kier molecular flexibility index (Phi) is 19.5. The van der Waals surface area contributed by atoms with Crippen LogP contribution in [0.15, 0.2) is 72.8 Å². The number of anilines is 2. The molecule has 7 rings (SSSR count). The number of piperazine rings is 1. The van der Waals surface area contributed by atoms with Crippen LogP contribution in [0, 0.1) is 0 Å². The molecule has 3 amide bonds. The number of phenolic OH excluding ortho intramolecular Hbond substituents is 1. The van der Waals surface area contributed by atoms with Crippen molar-refractivity contribution in [1.29, 1.82) is 0 Å². The fourth-order valence-corrected chi connectivity index (χ4v) is 6.76. The van der Waals surface area contributed by atoms with Crippen molar-refractivity contribution in [3.63, 3.8) is 0 Å². The molecule has 1 aromatic heterocycles. The van der Waals surface area contributed by atoms with Gasteiger partial charge in [-0.25, -0.2) is 13.2 Å². The Morgan fingerprint density at radius 1 is 0.964 bits per heavy atom. The molecular weight excluding hydrogens is 747 g/mol. The molecule has 4 heterocycles. The summed E-state index contributed by atoms with van der Waals surface area (Å²) in [7, 11) is -3.04. The number of amides is 3. The summed E-state index contributed by atoms with van der Waals surface area (Å²) in [5.41, 5.74) is 14.5. The molecule has 2 saturated heterocycles. The van der Waals surface area contributed by atoms with Gasteiger partial charge in [-0.15, -0.1) is 0 Å². The largest absolute Gasteiger partial charge is 1.00 e. The second kappa shape index (κ2) is 23.2. The van der Waals surface area contributed by atoms with E-state index in [0.717, 1.165) is 44.0 Å². The standard InChI is InChI=1S/C23H30N7O4P.C8H9NO.C5H7NO2.2Na/c24-19(18-8-4-5-9-21(18)31)12-20(23(25)27-35(33)34)30-14-17(13-26-30)29-11-10-28(15-22(29)32)16-6-2-1-3-7-16;1-2-4-8-7(3-1)9-5-6-10-8;7-4-2-1-3-5(8)6-4;;/h4-5,8-9,12-14,16,27,31H,1-3,6-7,10-11,15,24-25H2;1-4,9H,5-6H2;1-3H2,(H,6,7,8);;/q-2;;;2*+1/b19-12-,23-20-;;;;. The molecule has 0 radical (unpaired) electrons. The van der Waals surface area contributed by atoms with Gasteiger partial charge in [0.05, 0.1) is 30.3 Å². The van der Waals surface area contributed by atoms with Crippen molar-refractivity contribution in [2.75, 3.05) is 43.0 Å². The van der Waals surface area contributed by atoms with Crippen LogP contribution in [0.1, 0.15) is 56.9 Å². The Balaban J connectivity index is 0.000000330. The predicted octanol–water partition coefficient (Wildman–Crippen LogP) is -4.50. The van der Waals surface area contributed by atoms with Gasteiger partial charge in [-0.1, -0.05) is 43.5 Å². The van der Waals surface area contributed by atoms with Crippen LogP contribution in [-0.4, -0.2) is 76.3 Å². The van der Waals surface area contributed by atoms with E-state index in [9.17, 15) is 29.3 Å². The topological polar surface area (TPSA) is 239 Å². The molecule has 55 heavy (non-hydrogen) atoms. The Hall–Kier alpha value is -3.15. The zero-order chi connectivity index (χ0) is 37.7. The van der Waals surface area contributed by atoms with E-state index in [2.05, 4.69) is 25.7 Å². The molecular formula is C36H46N9Na2O7P. The number of nitrogens with one attached hydrogen (secondary N) is 3. The first-order valence-corrected chi connectivity index (χ1v) is 18.8. The van der Waals surface area contributed by atoms with Gasteiger partial charge in [0.2, 0.25) is 17.7 Å². The molecule has 0 bridgehead atoms. The number of hydrogen-bond donors (Lipinski definition) is 6. The number of aromatic hydroxyl groups is 1. The van der Waals surface area contributed by atoms with Crippen LogP contribution >= 0.6 is 8.53 Å². The van der Waals surface area contributed by atoms with Crippen molar-refractivity contribution in [2.45, 2.75) is 57.4 Å². The number of carbonyl (C=O) groups excluding carboxylic acids is 3. The number of carbonyl (C=O) groups is 3. The number of phenols is 1. The fourth-order valence-electron chi connectivity index (χ4n) is 6.45. The maximum Gasteiger partial charge on any atom is 1.00 e. The van der Waals surface area contributed by atoms with Gasteiger partial charge in [0.15, 0.2) is 0 Å². The van der Waals surface area contributed by atoms with Gasteiger partial charge in [0.1, 0.15) is 29.6 Å². The van der Waals surface area contributed by atoms with Gasteiger partial charge < -0.3 is 46.4 Å². The molecule has 3 fully saturated rings. The molecule has 0 spiro atoms. The van der Waals surface area contributed by atoms with Crippen LogP contribution in [0.25, 0.3) is 11.4 Å². The number of ether oxygens (including phenoxy) is 1. The van der Waals surface area contributed by atoms with Crippen LogP contribution in [0.4, 0.5) is 11.4 Å². The summed E-state index contributed by atoms with van der Waals surface area (Å²) >= 11 is 0. The number of allylic oxidation sites excluding steroid dienone is 2. The summed E-state index contributed by atoms with van der Waals surface area (Å²) in [6.45, 7) is 3.37. The number of nitrogens with two attached hydrogens (primary N) is 2. The summed E-state index contributed by atoms with van der Waals surface area (Å²) < 4.78 is 6.71. The Labute approximate surface area is 366 Å². The van der Waals surface area contributed by atoms with Crippen LogP contribution in [-0.2, 0) is 14.4 Å². The minimum atomic E-state index is -3.04. The van der Waals surface area contributed by atoms with E-state index < -0.39 is 8.53 Å². The SMILES string of the molecule is N/C(=C\C(=C(/N)NP([O-])[O-])n1cc(N2CCN(C3CCCCC3)CC2=O)cn1)c1ccccc1O.O=C1CCCC(=O)N1.[Na+].[Na+].c1ccc2c(c1)NCCO2. The molecule has 8 N–H and O–H groups in total. The van der Waals surface area contributed by atoms with Crippen molar-refractivity contribution in [3.8, 4) is 11.5 Å². The van der Waals surface area contributed by atoms with Crippen LogP contribution in [0.2, 0.25) is 0 Å². The minimum absolute atomic E-state index is 0. The Bertz CT molecular complexity index is 1760. The van der Waals surface area contributed by atoms with Crippen molar-refractivity contribution in [2.24, 2.45) is 11.5 Å². The third-order valence-electron chi connectivity index (χ3n) is 9.11. The molecule has 0 unspecified atom stereocenters. The van der Waals surface area contributed by atoms with Crippen LogP contribution < -0.4 is 106 Å². The predicted molar refractivity (Wildman–Crippen MR) is 198 cm³/mol. The van der Waals surface area contributed by atoms with E-state index in [1.807, 2.05) is 24.3 Å². The third-order valence-corrected chi connectivity index (χ3v) is 9.54. The van der Waals surface area contributed by atoms with Crippen molar-refractivity contribution in [1.82, 2.24) is 25.1 Å². The number of aromatic nitrogens is 2. The molecule has 0 atom stereocenters. The number of hydrogen-bond acceptors (Lipinski definition) is 13. The summed E-state index contributed by atoms with van der Waals surface area (Å²) in [6.07, 6.45) is 12.2. The zero-order valence-corrected chi connectivity index (χ0v) is 36.3. The van der Waals surface area contributed by atoms with Crippen LogP contribution in [0.5, 0.6) is 11.5 Å². The number of fused-ring (bicyclic) bond motifs is 1. The monoisotopic (exact) mass is 793 g/mol. The molecule has 3 aromatic rings. The average Bonchev–Trinajstić information content (AvgIpc) is 3.64. The van der Waals surface area contributed by atoms with Gasteiger partial charge in [0, 0.05) is 49.8 Å². The number of imide groups is 1. The Morgan fingerprint density at radius 2 is 1.65 bits per heavy atom. The van der Waals surface area contributed by atoms with Gasteiger partial charge in [-0.05, 0) is 49.6 Å². The summed E-state index contributed by atoms with van der Waals surface area (Å²) in [4.78, 5) is 60.1. The second-order valence-corrected chi connectivity index (χ2v) is 13.6. The first kappa shape index (κ1) is 46.2. The first-order chi connectivity index (χ1) is 25.6. The summed E-state index contributed by atoms with van der Waals surface area (Å²) in [5.74, 6) is 0.438. The summed E-state index contributed by atoms with van der Waals surface area (Å²) in [5, 5.41) is 22.0. The fraction of sp³-hybridized carbons (Fsp3) is 0.389. The van der Waals surface area contributed by atoms with Crippen molar-refractivity contribution >= 4 is 49.0 Å². The quantitative estimate of drug-likeness (QED) is 0.0574. The molecule has 284 valence electrons. The average molecular weight is 794 g/mol. The van der Waals surface area contributed by atoms with Crippen molar-refractivity contribution < 1.29 is 93.1 Å². The molecule has 4 aliphatic rings. The zero-order valence-electron chi connectivity index (χ0n) is 31.4. The van der Waals surface area contributed by atoms with Gasteiger partial charge >= 0.3 is 59.1 Å². The Morgan fingerprint density at radius 3 is 2.29 bits per heavy atom. The number of rotatable bonds is 7. The summed E-state index contributed by atoms with van der Waals surface area (Å²) in [6, 6.07) is 14.9. The van der Waals surface area contributed by atoms with E-state index in [1.54, 1.807) is 29.3 Å². The maximum absolute atomic E-state index is 13.0. The minimum Gasteiger partial charge on any atom is -0.826 e. The molecule has 2 aromatic carbocycles. The molecule has 1 saturated carbocycles. The second-order valence-electron chi connectivity index (χ2n) is 12.8. The van der Waals surface area contributed by atoms with E-state index >= 15 is 0 Å². The smallest absolute Gasteiger partial charge is 0.826 e. The van der Waals surface area contributed by atoms with Crippen molar-refractivity contribution in [3.05, 3.63) is 78.4 Å². The number of nitrogens with zero attached hydrogens (tertiary/aromatic N) is 4. The van der Waals surface area contributed by atoms with Gasteiger partial charge in [0.25, 0.3) is 0 Å². The van der Waals surface area contributed by atoms with E-state index in [0.29, 0.717) is 49.6 Å². The van der Waals surface area contributed by atoms with E-state index in [-0.39, 0.29) is 99.8 Å². The normalized spacial score (nSPS) is 17.9. The van der Waals surface area contributed by atoms with Crippen LogP contribution in [0.3, 0.4) is 0 Å². The first-order valence-electron chi connectivity index (χ1n) is 17.6. The van der Waals surface area contributed by atoms with E-state index in [4.69, 9.17) is 16.2 Å². The number of para-hydroxylation sites is 3. The van der Waals surface area contributed by atoms with Gasteiger partial charge in [-0.3, -0.25) is 24.6 Å².